The highest BCUT2D eigenvalue weighted by Crippen LogP contribution is 2.28. The number of fused-ring (bicyclic) bond motifs is 3. The van der Waals surface area contributed by atoms with Crippen LogP contribution in [-0.2, 0) is 20.0 Å². The standard InChI is InChI=1S/C21H21N3O3/c1-23-17-9-8-15(26-2)12-16(17)19-20(23)21(25)24(13-22-19)11-10-14-6-4-5-7-18(14)27-3/h4-9,12-13H,10-11H2,1-3H3. The molecule has 0 fully saturated rings. The van der Waals surface area contributed by atoms with E-state index in [4.69, 9.17) is 9.47 Å². The molecule has 0 spiro atoms. The Hall–Kier alpha value is -3.28. The molecule has 0 aliphatic heterocycles. The first-order valence-corrected chi connectivity index (χ1v) is 8.77. The molecule has 138 valence electrons. The van der Waals surface area contributed by atoms with Crippen LogP contribution in [0.4, 0.5) is 0 Å². The number of ether oxygens (including phenoxy) is 2. The first-order valence-electron chi connectivity index (χ1n) is 8.77. The molecule has 0 atom stereocenters. The minimum Gasteiger partial charge on any atom is -0.497 e. The second kappa shape index (κ2) is 6.79. The first-order chi connectivity index (χ1) is 13.1. The lowest BCUT2D eigenvalue weighted by Gasteiger charge is -2.09. The van der Waals surface area contributed by atoms with Gasteiger partial charge in [0.15, 0.2) is 0 Å². The molecule has 0 saturated carbocycles. The Bertz CT molecular complexity index is 1190. The maximum atomic E-state index is 13.1. The van der Waals surface area contributed by atoms with Crippen molar-refractivity contribution in [1.82, 2.24) is 14.1 Å². The van der Waals surface area contributed by atoms with E-state index in [1.807, 2.05) is 54.1 Å². The van der Waals surface area contributed by atoms with Crippen LogP contribution >= 0.6 is 0 Å². The Morgan fingerprint density at radius 3 is 2.67 bits per heavy atom. The summed E-state index contributed by atoms with van der Waals surface area (Å²) in [6, 6.07) is 13.6. The lowest BCUT2D eigenvalue weighted by atomic mass is 10.1. The Kier molecular flexibility index (Phi) is 4.32. The second-order valence-corrected chi connectivity index (χ2v) is 6.44. The molecular weight excluding hydrogens is 342 g/mol. The minimum atomic E-state index is -0.0486. The smallest absolute Gasteiger partial charge is 0.277 e. The number of aromatic nitrogens is 3. The van der Waals surface area contributed by atoms with Crippen molar-refractivity contribution in [3.05, 3.63) is 64.7 Å². The molecule has 0 radical (unpaired) electrons. The van der Waals surface area contributed by atoms with Crippen LogP contribution in [0.2, 0.25) is 0 Å². The van der Waals surface area contributed by atoms with Gasteiger partial charge in [-0.2, -0.15) is 0 Å². The SMILES string of the molecule is COc1ccc2c(c1)c1ncn(CCc3ccccc3OC)c(=O)c1n2C. The van der Waals surface area contributed by atoms with Crippen molar-refractivity contribution in [2.24, 2.45) is 7.05 Å². The van der Waals surface area contributed by atoms with E-state index in [9.17, 15) is 4.79 Å². The van der Waals surface area contributed by atoms with Gasteiger partial charge in [0.25, 0.3) is 5.56 Å². The van der Waals surface area contributed by atoms with E-state index >= 15 is 0 Å². The second-order valence-electron chi connectivity index (χ2n) is 6.44. The molecule has 0 N–H and O–H groups in total. The summed E-state index contributed by atoms with van der Waals surface area (Å²) >= 11 is 0. The van der Waals surface area contributed by atoms with Crippen LogP contribution in [-0.4, -0.2) is 28.3 Å². The van der Waals surface area contributed by atoms with Gasteiger partial charge in [-0.1, -0.05) is 18.2 Å². The molecule has 2 aromatic carbocycles. The van der Waals surface area contributed by atoms with Gasteiger partial charge in [0.05, 0.1) is 26.1 Å². The summed E-state index contributed by atoms with van der Waals surface area (Å²) in [4.78, 5) is 17.7. The number of para-hydroxylation sites is 1. The molecule has 2 heterocycles. The highest BCUT2D eigenvalue weighted by Gasteiger charge is 2.15. The van der Waals surface area contributed by atoms with Crippen molar-refractivity contribution in [1.29, 1.82) is 0 Å². The zero-order valence-electron chi connectivity index (χ0n) is 15.6. The van der Waals surface area contributed by atoms with Gasteiger partial charge in [-0.25, -0.2) is 4.98 Å². The van der Waals surface area contributed by atoms with Crippen molar-refractivity contribution in [2.45, 2.75) is 13.0 Å². The monoisotopic (exact) mass is 363 g/mol. The summed E-state index contributed by atoms with van der Waals surface area (Å²) in [6.07, 6.45) is 2.31. The maximum absolute atomic E-state index is 13.1. The predicted molar refractivity (Wildman–Crippen MR) is 106 cm³/mol. The summed E-state index contributed by atoms with van der Waals surface area (Å²) in [5.74, 6) is 1.58. The number of methoxy groups -OCH3 is 2. The molecule has 0 unspecified atom stereocenters. The van der Waals surface area contributed by atoms with Gasteiger partial charge in [0.2, 0.25) is 0 Å². The van der Waals surface area contributed by atoms with Crippen LogP contribution in [0.1, 0.15) is 5.56 Å². The molecule has 0 bridgehead atoms. The topological polar surface area (TPSA) is 58.3 Å². The predicted octanol–water partition coefficient (Wildman–Crippen LogP) is 3.15. The Morgan fingerprint density at radius 2 is 1.89 bits per heavy atom. The number of nitrogens with zero attached hydrogens (tertiary/aromatic N) is 3. The molecule has 4 rings (SSSR count). The number of aryl methyl sites for hydroxylation is 3. The Balaban J connectivity index is 1.77. The number of benzene rings is 2. The van der Waals surface area contributed by atoms with Crippen molar-refractivity contribution >= 4 is 21.9 Å². The molecule has 0 amide bonds. The highest BCUT2D eigenvalue weighted by molar-refractivity contribution is 6.05. The minimum absolute atomic E-state index is 0.0486. The zero-order chi connectivity index (χ0) is 19.0. The van der Waals surface area contributed by atoms with Crippen molar-refractivity contribution in [3.8, 4) is 11.5 Å². The fourth-order valence-electron chi connectivity index (χ4n) is 3.53. The number of rotatable bonds is 5. The molecule has 0 saturated heterocycles. The van der Waals surface area contributed by atoms with Gasteiger partial charge >= 0.3 is 0 Å². The summed E-state index contributed by atoms with van der Waals surface area (Å²) in [5, 5.41) is 0.917. The van der Waals surface area contributed by atoms with Gasteiger partial charge in [-0.3, -0.25) is 9.36 Å². The third-order valence-electron chi connectivity index (χ3n) is 4.98. The van der Waals surface area contributed by atoms with Crippen molar-refractivity contribution < 1.29 is 9.47 Å². The fourth-order valence-corrected chi connectivity index (χ4v) is 3.53. The maximum Gasteiger partial charge on any atom is 0.277 e. The normalized spacial score (nSPS) is 11.2. The number of hydrogen-bond donors (Lipinski definition) is 0. The van der Waals surface area contributed by atoms with E-state index in [1.54, 1.807) is 25.1 Å². The van der Waals surface area contributed by atoms with Crippen molar-refractivity contribution in [2.75, 3.05) is 14.2 Å². The van der Waals surface area contributed by atoms with Gasteiger partial charge in [0, 0.05) is 19.0 Å². The van der Waals surface area contributed by atoms with Crippen LogP contribution in [0.25, 0.3) is 21.9 Å². The molecule has 2 aromatic heterocycles. The third kappa shape index (κ3) is 2.83. The Labute approximate surface area is 156 Å². The lowest BCUT2D eigenvalue weighted by molar-refractivity contribution is 0.408. The molecule has 6 heteroatoms. The zero-order valence-corrected chi connectivity index (χ0v) is 15.6. The lowest BCUT2D eigenvalue weighted by Crippen LogP contribution is -2.23. The first kappa shape index (κ1) is 17.1. The summed E-state index contributed by atoms with van der Waals surface area (Å²) < 4.78 is 14.3. The van der Waals surface area contributed by atoms with Crippen LogP contribution < -0.4 is 15.0 Å². The van der Waals surface area contributed by atoms with Crippen LogP contribution in [0.5, 0.6) is 11.5 Å². The molecule has 0 aliphatic rings. The summed E-state index contributed by atoms with van der Waals surface area (Å²) in [5.41, 5.74) is 3.27. The van der Waals surface area contributed by atoms with E-state index < -0.39 is 0 Å². The van der Waals surface area contributed by atoms with Gasteiger partial charge in [-0.05, 0) is 36.2 Å². The summed E-state index contributed by atoms with van der Waals surface area (Å²) in [6.45, 7) is 0.535. The molecule has 27 heavy (non-hydrogen) atoms. The Morgan fingerprint density at radius 1 is 1.07 bits per heavy atom. The highest BCUT2D eigenvalue weighted by atomic mass is 16.5. The van der Waals surface area contributed by atoms with Gasteiger partial charge < -0.3 is 14.0 Å². The number of hydrogen-bond acceptors (Lipinski definition) is 4. The largest absolute Gasteiger partial charge is 0.497 e. The van der Waals surface area contributed by atoms with Crippen LogP contribution in [0, 0.1) is 0 Å². The molecule has 0 aliphatic carbocycles. The third-order valence-corrected chi connectivity index (χ3v) is 4.98. The molecule has 6 nitrogen and oxygen atoms in total. The van der Waals surface area contributed by atoms with E-state index in [0.29, 0.717) is 24.0 Å². The van der Waals surface area contributed by atoms with Gasteiger partial charge in [0.1, 0.15) is 22.5 Å². The quantitative estimate of drug-likeness (QED) is 0.547. The van der Waals surface area contributed by atoms with E-state index in [-0.39, 0.29) is 5.56 Å². The van der Waals surface area contributed by atoms with E-state index in [0.717, 1.165) is 28.0 Å². The average molecular weight is 363 g/mol. The van der Waals surface area contributed by atoms with Crippen LogP contribution in [0.3, 0.4) is 0 Å². The molecular formula is C21H21N3O3. The molecule has 4 aromatic rings. The van der Waals surface area contributed by atoms with Crippen LogP contribution in [0.15, 0.2) is 53.6 Å². The summed E-state index contributed by atoms with van der Waals surface area (Å²) in [7, 11) is 5.18. The van der Waals surface area contributed by atoms with Gasteiger partial charge in [-0.15, -0.1) is 0 Å². The van der Waals surface area contributed by atoms with E-state index in [2.05, 4.69) is 4.98 Å². The fraction of sp³-hybridized carbons (Fsp3) is 0.238. The van der Waals surface area contributed by atoms with Crippen molar-refractivity contribution in [3.63, 3.8) is 0 Å². The average Bonchev–Trinajstić information content (AvgIpc) is 3.00. The van der Waals surface area contributed by atoms with E-state index in [1.165, 1.54) is 0 Å².